The molecule has 0 aliphatic carbocycles. The molecule has 18 heavy (non-hydrogen) atoms. The Morgan fingerprint density at radius 2 is 2.06 bits per heavy atom. The first-order valence-corrected chi connectivity index (χ1v) is 6.50. The number of aromatic nitrogens is 1. The molecular weight excluding hydrogens is 226 g/mol. The summed E-state index contributed by atoms with van der Waals surface area (Å²) in [6, 6.07) is 9.17. The minimum Gasteiger partial charge on any atom is -0.375 e. The van der Waals surface area contributed by atoms with Gasteiger partial charge in [0.2, 0.25) is 0 Å². The summed E-state index contributed by atoms with van der Waals surface area (Å²) in [5, 5.41) is 0.729. The summed E-state index contributed by atoms with van der Waals surface area (Å²) in [4.78, 5) is 15.1. The van der Waals surface area contributed by atoms with Crippen LogP contribution in [0.4, 0.5) is 0 Å². The number of unbranched alkanes of at least 4 members (excludes halogenated alkanes) is 2. The van der Waals surface area contributed by atoms with E-state index < -0.39 is 0 Å². The number of H-pyrrole nitrogens is 1. The summed E-state index contributed by atoms with van der Waals surface area (Å²) in [6.45, 7) is 3.40. The molecule has 0 unspecified atom stereocenters. The van der Waals surface area contributed by atoms with Crippen molar-refractivity contribution in [2.45, 2.75) is 32.8 Å². The van der Waals surface area contributed by atoms with Gasteiger partial charge in [-0.3, -0.25) is 4.79 Å². The summed E-state index contributed by atoms with van der Waals surface area (Å²) >= 11 is 0. The van der Waals surface area contributed by atoms with Gasteiger partial charge in [-0.05, 0) is 18.6 Å². The number of rotatable bonds is 6. The Morgan fingerprint density at radius 1 is 1.22 bits per heavy atom. The van der Waals surface area contributed by atoms with Crippen LogP contribution in [0.5, 0.6) is 0 Å². The summed E-state index contributed by atoms with van der Waals surface area (Å²) in [6.07, 6.45) is 3.46. The lowest BCUT2D eigenvalue weighted by atomic mass is 10.2. The largest absolute Gasteiger partial charge is 0.375 e. The highest BCUT2D eigenvalue weighted by Crippen LogP contribution is 2.08. The fourth-order valence-corrected chi connectivity index (χ4v) is 1.97. The predicted octanol–water partition coefficient (Wildman–Crippen LogP) is 3.23. The molecular formula is C15H19NO2. The van der Waals surface area contributed by atoms with Gasteiger partial charge in [-0.25, -0.2) is 0 Å². The van der Waals surface area contributed by atoms with Gasteiger partial charge in [-0.2, -0.15) is 0 Å². The number of para-hydroxylation sites is 1. The first-order chi connectivity index (χ1) is 8.81. The van der Waals surface area contributed by atoms with Crippen molar-refractivity contribution >= 4 is 10.9 Å². The molecule has 3 heteroatoms. The quantitative estimate of drug-likeness (QED) is 0.794. The van der Waals surface area contributed by atoms with Crippen molar-refractivity contribution in [1.82, 2.24) is 4.98 Å². The Bertz CT molecular complexity index is 560. The van der Waals surface area contributed by atoms with Crippen LogP contribution < -0.4 is 5.43 Å². The van der Waals surface area contributed by atoms with Crippen molar-refractivity contribution in [3.63, 3.8) is 0 Å². The van der Waals surface area contributed by atoms with E-state index in [-0.39, 0.29) is 5.43 Å². The van der Waals surface area contributed by atoms with E-state index in [2.05, 4.69) is 11.9 Å². The lowest BCUT2D eigenvalue weighted by Crippen LogP contribution is -2.06. The van der Waals surface area contributed by atoms with Crippen LogP contribution in [0.25, 0.3) is 10.9 Å². The second-order valence-electron chi connectivity index (χ2n) is 4.46. The van der Waals surface area contributed by atoms with Crippen LogP contribution in [0.2, 0.25) is 0 Å². The molecule has 0 aliphatic heterocycles. The van der Waals surface area contributed by atoms with Crippen LogP contribution >= 0.6 is 0 Å². The zero-order valence-corrected chi connectivity index (χ0v) is 10.7. The Morgan fingerprint density at radius 3 is 2.89 bits per heavy atom. The van der Waals surface area contributed by atoms with E-state index in [0.717, 1.165) is 29.6 Å². The van der Waals surface area contributed by atoms with Crippen molar-refractivity contribution in [3.05, 3.63) is 46.2 Å². The lowest BCUT2D eigenvalue weighted by Gasteiger charge is -2.05. The Kier molecular flexibility index (Phi) is 4.53. The number of aromatic amines is 1. The number of ether oxygens (including phenoxy) is 1. The molecule has 1 aromatic heterocycles. The maximum atomic E-state index is 11.9. The van der Waals surface area contributed by atoms with Gasteiger partial charge >= 0.3 is 0 Å². The molecule has 2 aromatic rings. The minimum absolute atomic E-state index is 0.0523. The van der Waals surface area contributed by atoms with E-state index in [0.29, 0.717) is 6.61 Å². The molecule has 0 fully saturated rings. The van der Waals surface area contributed by atoms with Crippen LogP contribution in [0, 0.1) is 0 Å². The average Bonchev–Trinajstić information content (AvgIpc) is 2.39. The van der Waals surface area contributed by atoms with E-state index >= 15 is 0 Å². The number of benzene rings is 1. The molecule has 0 saturated carbocycles. The fourth-order valence-electron chi connectivity index (χ4n) is 1.97. The standard InChI is InChI=1S/C15H19NO2/c1-2-3-6-9-18-11-12-10-15(17)13-7-4-5-8-14(13)16-12/h4-5,7-8,10H,2-3,6,9,11H2,1H3,(H,16,17). The van der Waals surface area contributed by atoms with E-state index in [4.69, 9.17) is 4.74 Å². The summed E-state index contributed by atoms with van der Waals surface area (Å²) in [5.41, 5.74) is 1.77. The van der Waals surface area contributed by atoms with Crippen molar-refractivity contribution < 1.29 is 4.74 Å². The normalized spacial score (nSPS) is 10.9. The molecule has 0 aliphatic rings. The highest BCUT2D eigenvalue weighted by molar-refractivity contribution is 5.78. The second kappa shape index (κ2) is 6.36. The molecule has 0 radical (unpaired) electrons. The molecule has 3 nitrogen and oxygen atoms in total. The van der Waals surface area contributed by atoms with Crippen molar-refractivity contribution in [3.8, 4) is 0 Å². The van der Waals surface area contributed by atoms with E-state index in [9.17, 15) is 4.79 Å². The van der Waals surface area contributed by atoms with Crippen LogP contribution in [0.15, 0.2) is 35.1 Å². The van der Waals surface area contributed by atoms with Gasteiger partial charge in [0.05, 0.1) is 6.61 Å². The van der Waals surface area contributed by atoms with Crippen LogP contribution in [-0.2, 0) is 11.3 Å². The van der Waals surface area contributed by atoms with Gasteiger partial charge in [0.15, 0.2) is 5.43 Å². The van der Waals surface area contributed by atoms with Crippen LogP contribution in [0.1, 0.15) is 31.9 Å². The van der Waals surface area contributed by atoms with Gasteiger partial charge in [0, 0.05) is 29.3 Å². The summed E-state index contributed by atoms with van der Waals surface area (Å²) in [7, 11) is 0. The van der Waals surface area contributed by atoms with Gasteiger partial charge in [0.1, 0.15) is 0 Å². The van der Waals surface area contributed by atoms with Crippen LogP contribution in [0.3, 0.4) is 0 Å². The number of hydrogen-bond donors (Lipinski definition) is 1. The fraction of sp³-hybridized carbons (Fsp3) is 0.400. The van der Waals surface area contributed by atoms with E-state index in [1.54, 1.807) is 6.07 Å². The van der Waals surface area contributed by atoms with E-state index in [1.165, 1.54) is 12.8 Å². The van der Waals surface area contributed by atoms with Crippen molar-refractivity contribution in [1.29, 1.82) is 0 Å². The smallest absolute Gasteiger partial charge is 0.189 e. The number of pyridine rings is 1. The van der Waals surface area contributed by atoms with E-state index in [1.807, 2.05) is 24.3 Å². The zero-order valence-electron chi connectivity index (χ0n) is 10.7. The topological polar surface area (TPSA) is 42.1 Å². The molecule has 0 amide bonds. The second-order valence-corrected chi connectivity index (χ2v) is 4.46. The molecule has 2 rings (SSSR count). The molecule has 0 saturated heterocycles. The Labute approximate surface area is 107 Å². The third-order valence-electron chi connectivity index (χ3n) is 2.94. The molecule has 1 aromatic carbocycles. The lowest BCUT2D eigenvalue weighted by molar-refractivity contribution is 0.114. The predicted molar refractivity (Wildman–Crippen MR) is 73.7 cm³/mol. The first kappa shape index (κ1) is 12.8. The molecule has 96 valence electrons. The molecule has 1 N–H and O–H groups in total. The SMILES string of the molecule is CCCCCOCc1cc(=O)c2ccccc2[nH]1. The Hall–Kier alpha value is -1.61. The number of hydrogen-bond acceptors (Lipinski definition) is 2. The van der Waals surface area contributed by atoms with Crippen molar-refractivity contribution in [2.75, 3.05) is 6.61 Å². The summed E-state index contributed by atoms with van der Waals surface area (Å²) < 4.78 is 5.56. The maximum absolute atomic E-state index is 11.9. The number of nitrogens with one attached hydrogen (secondary N) is 1. The van der Waals surface area contributed by atoms with Crippen LogP contribution in [-0.4, -0.2) is 11.6 Å². The third kappa shape index (κ3) is 3.20. The van der Waals surface area contributed by atoms with Gasteiger partial charge in [-0.1, -0.05) is 31.9 Å². The average molecular weight is 245 g/mol. The Balaban J connectivity index is 2.03. The summed E-state index contributed by atoms with van der Waals surface area (Å²) in [5.74, 6) is 0. The number of fused-ring (bicyclic) bond motifs is 1. The maximum Gasteiger partial charge on any atom is 0.189 e. The third-order valence-corrected chi connectivity index (χ3v) is 2.94. The van der Waals surface area contributed by atoms with Gasteiger partial charge < -0.3 is 9.72 Å². The van der Waals surface area contributed by atoms with Gasteiger partial charge in [0.25, 0.3) is 0 Å². The molecule has 0 spiro atoms. The molecule has 1 heterocycles. The monoisotopic (exact) mass is 245 g/mol. The molecule has 0 atom stereocenters. The van der Waals surface area contributed by atoms with Gasteiger partial charge in [-0.15, -0.1) is 0 Å². The first-order valence-electron chi connectivity index (χ1n) is 6.50. The highest BCUT2D eigenvalue weighted by atomic mass is 16.5. The highest BCUT2D eigenvalue weighted by Gasteiger charge is 2.01. The minimum atomic E-state index is 0.0523. The molecule has 0 bridgehead atoms. The zero-order chi connectivity index (χ0) is 12.8. The van der Waals surface area contributed by atoms with Crippen molar-refractivity contribution in [2.24, 2.45) is 0 Å².